The van der Waals surface area contributed by atoms with Gasteiger partial charge < -0.3 is 19.6 Å². The van der Waals surface area contributed by atoms with Gasteiger partial charge in [-0.3, -0.25) is 9.79 Å². The van der Waals surface area contributed by atoms with Crippen molar-refractivity contribution in [3.8, 4) is 0 Å². The van der Waals surface area contributed by atoms with E-state index in [1.54, 1.807) is 6.92 Å². The van der Waals surface area contributed by atoms with Crippen LogP contribution in [0.15, 0.2) is 9.52 Å². The molecule has 0 aromatic carbocycles. The Balaban J connectivity index is 0.00000288. The van der Waals surface area contributed by atoms with Crippen LogP contribution in [0.5, 0.6) is 0 Å². The predicted octanol–water partition coefficient (Wildman–Crippen LogP) is 1.58. The zero-order valence-electron chi connectivity index (χ0n) is 15.0. The van der Waals surface area contributed by atoms with E-state index >= 15 is 0 Å². The molecule has 0 aliphatic carbocycles. The number of halogens is 1. The van der Waals surface area contributed by atoms with Gasteiger partial charge in [0.25, 0.3) is 0 Å². The Morgan fingerprint density at radius 3 is 2.38 bits per heavy atom. The van der Waals surface area contributed by atoms with Crippen LogP contribution in [0.3, 0.4) is 0 Å². The molecule has 8 heteroatoms. The van der Waals surface area contributed by atoms with Crippen molar-refractivity contribution in [2.75, 3.05) is 39.3 Å². The number of amides is 1. The van der Waals surface area contributed by atoms with Gasteiger partial charge >= 0.3 is 0 Å². The highest BCUT2D eigenvalue weighted by atomic mass is 127. The van der Waals surface area contributed by atoms with Crippen molar-refractivity contribution in [1.82, 2.24) is 20.3 Å². The molecule has 1 saturated heterocycles. The number of rotatable bonds is 4. The van der Waals surface area contributed by atoms with Gasteiger partial charge in [-0.15, -0.1) is 24.0 Å². The lowest BCUT2D eigenvalue weighted by Crippen LogP contribution is -2.53. The van der Waals surface area contributed by atoms with Gasteiger partial charge in [0.1, 0.15) is 5.76 Å². The fourth-order valence-corrected chi connectivity index (χ4v) is 2.79. The summed E-state index contributed by atoms with van der Waals surface area (Å²) in [6.45, 7) is 12.2. The fourth-order valence-electron chi connectivity index (χ4n) is 2.79. The van der Waals surface area contributed by atoms with Crippen LogP contribution in [0, 0.1) is 13.8 Å². The highest BCUT2D eigenvalue weighted by molar-refractivity contribution is 14.0. The Hall–Kier alpha value is -1.32. The van der Waals surface area contributed by atoms with E-state index in [4.69, 9.17) is 9.52 Å². The quantitative estimate of drug-likeness (QED) is 0.430. The molecule has 2 heterocycles. The van der Waals surface area contributed by atoms with Crippen LogP contribution in [0.4, 0.5) is 0 Å². The molecule has 1 aliphatic rings. The second-order valence-electron chi connectivity index (χ2n) is 5.78. The summed E-state index contributed by atoms with van der Waals surface area (Å²) in [5.74, 6) is 1.94. The third-order valence-electron chi connectivity index (χ3n) is 4.16. The van der Waals surface area contributed by atoms with Crippen LogP contribution in [0.1, 0.15) is 30.9 Å². The molecule has 1 amide bonds. The molecule has 1 aromatic heterocycles. The molecule has 1 N–H and O–H groups in total. The molecule has 1 aliphatic heterocycles. The van der Waals surface area contributed by atoms with E-state index < -0.39 is 0 Å². The molecule has 0 spiro atoms. The first-order valence-corrected chi connectivity index (χ1v) is 8.23. The van der Waals surface area contributed by atoms with E-state index in [0.29, 0.717) is 6.54 Å². The molecule has 0 radical (unpaired) electrons. The molecule has 0 saturated carbocycles. The summed E-state index contributed by atoms with van der Waals surface area (Å²) < 4.78 is 5.19. The maximum atomic E-state index is 11.4. The average Bonchev–Trinajstić information content (AvgIpc) is 2.86. The predicted molar refractivity (Wildman–Crippen MR) is 105 cm³/mol. The zero-order chi connectivity index (χ0) is 16.8. The lowest BCUT2D eigenvalue weighted by atomic mass is 10.1. The van der Waals surface area contributed by atoms with Crippen molar-refractivity contribution in [1.29, 1.82) is 0 Å². The first-order chi connectivity index (χ1) is 11.0. The van der Waals surface area contributed by atoms with Gasteiger partial charge in [0.05, 0.1) is 5.69 Å². The Kier molecular flexibility index (Phi) is 8.51. The number of carbonyl (C=O) groups is 1. The largest absolute Gasteiger partial charge is 0.361 e. The molecule has 2 rings (SSSR count). The highest BCUT2D eigenvalue weighted by Crippen LogP contribution is 2.13. The number of nitrogens with one attached hydrogen (secondary N) is 1. The number of guanidine groups is 1. The number of piperazine rings is 1. The summed E-state index contributed by atoms with van der Waals surface area (Å²) in [7, 11) is 0. The zero-order valence-corrected chi connectivity index (χ0v) is 17.3. The number of hydrogen-bond acceptors (Lipinski definition) is 4. The van der Waals surface area contributed by atoms with Crippen molar-refractivity contribution in [2.45, 2.75) is 34.1 Å². The minimum Gasteiger partial charge on any atom is -0.361 e. The molecule has 136 valence electrons. The molecule has 0 unspecified atom stereocenters. The first-order valence-electron chi connectivity index (χ1n) is 8.23. The summed E-state index contributed by atoms with van der Waals surface area (Å²) in [6, 6.07) is 0. The maximum Gasteiger partial charge on any atom is 0.219 e. The summed E-state index contributed by atoms with van der Waals surface area (Å²) in [5.41, 5.74) is 2.09. The van der Waals surface area contributed by atoms with Crippen molar-refractivity contribution in [3.63, 3.8) is 0 Å². The molecule has 0 bridgehead atoms. The highest BCUT2D eigenvalue weighted by Gasteiger charge is 2.20. The second-order valence-corrected chi connectivity index (χ2v) is 5.78. The van der Waals surface area contributed by atoms with E-state index in [9.17, 15) is 4.79 Å². The van der Waals surface area contributed by atoms with Gasteiger partial charge in [-0.25, -0.2) is 0 Å². The van der Waals surface area contributed by atoms with E-state index in [2.05, 4.69) is 22.3 Å². The minimum atomic E-state index is 0. The SMILES string of the molecule is CCNC(=NCCc1c(C)noc1C)N1CCN(C(C)=O)CC1.I. The Bertz CT molecular complexity index is 545. The molecular weight excluding hydrogens is 421 g/mol. The van der Waals surface area contributed by atoms with E-state index in [1.165, 1.54) is 0 Å². The number of hydrogen-bond donors (Lipinski definition) is 1. The monoisotopic (exact) mass is 449 g/mol. The number of aromatic nitrogens is 1. The topological polar surface area (TPSA) is 74.0 Å². The maximum absolute atomic E-state index is 11.4. The summed E-state index contributed by atoms with van der Waals surface area (Å²) in [4.78, 5) is 20.2. The lowest BCUT2D eigenvalue weighted by Gasteiger charge is -2.36. The first kappa shape index (κ1) is 20.7. The molecular formula is C16H28IN5O2. The minimum absolute atomic E-state index is 0. The lowest BCUT2D eigenvalue weighted by molar-refractivity contribution is -0.130. The van der Waals surface area contributed by atoms with Gasteiger partial charge in [0.15, 0.2) is 5.96 Å². The molecule has 24 heavy (non-hydrogen) atoms. The summed E-state index contributed by atoms with van der Waals surface area (Å²) >= 11 is 0. The third-order valence-corrected chi connectivity index (χ3v) is 4.16. The van der Waals surface area contributed by atoms with Crippen molar-refractivity contribution < 1.29 is 9.32 Å². The van der Waals surface area contributed by atoms with Gasteiger partial charge in [-0.1, -0.05) is 5.16 Å². The van der Waals surface area contributed by atoms with E-state index in [-0.39, 0.29) is 29.9 Å². The Morgan fingerprint density at radius 2 is 1.88 bits per heavy atom. The van der Waals surface area contributed by atoms with Crippen molar-refractivity contribution in [2.24, 2.45) is 4.99 Å². The number of nitrogens with zero attached hydrogens (tertiary/aromatic N) is 4. The van der Waals surface area contributed by atoms with Crippen molar-refractivity contribution in [3.05, 3.63) is 17.0 Å². The van der Waals surface area contributed by atoms with Crippen LogP contribution >= 0.6 is 24.0 Å². The molecule has 1 fully saturated rings. The van der Waals surface area contributed by atoms with Crippen LogP contribution in [-0.4, -0.2) is 66.1 Å². The van der Waals surface area contributed by atoms with Gasteiger partial charge in [0.2, 0.25) is 5.91 Å². The van der Waals surface area contributed by atoms with E-state index in [1.807, 2.05) is 18.7 Å². The van der Waals surface area contributed by atoms with Crippen LogP contribution in [0.25, 0.3) is 0 Å². The normalized spacial score (nSPS) is 15.2. The van der Waals surface area contributed by atoms with E-state index in [0.717, 1.165) is 62.1 Å². The second kappa shape index (κ2) is 9.85. The Morgan fingerprint density at radius 1 is 1.25 bits per heavy atom. The van der Waals surface area contributed by atoms with Crippen LogP contribution in [-0.2, 0) is 11.2 Å². The Labute approximate surface area is 160 Å². The fraction of sp³-hybridized carbons (Fsp3) is 0.688. The average molecular weight is 449 g/mol. The standard InChI is InChI=1S/C16H27N5O2.HI/c1-5-17-16(21-10-8-20(9-11-21)14(4)22)18-7-6-15-12(2)19-23-13(15)3;/h5-11H2,1-4H3,(H,17,18);1H. The molecule has 7 nitrogen and oxygen atoms in total. The van der Waals surface area contributed by atoms with Gasteiger partial charge in [0, 0.05) is 51.8 Å². The summed E-state index contributed by atoms with van der Waals surface area (Å²) in [6.07, 6.45) is 0.823. The summed E-state index contributed by atoms with van der Waals surface area (Å²) in [5, 5.41) is 7.32. The number of aliphatic imine (C=N–C) groups is 1. The van der Waals surface area contributed by atoms with Crippen LogP contribution < -0.4 is 5.32 Å². The van der Waals surface area contributed by atoms with Crippen molar-refractivity contribution >= 4 is 35.8 Å². The number of carbonyl (C=O) groups excluding carboxylic acids is 1. The molecule has 1 aromatic rings. The van der Waals surface area contributed by atoms with Gasteiger partial charge in [-0.2, -0.15) is 0 Å². The smallest absolute Gasteiger partial charge is 0.219 e. The third kappa shape index (κ3) is 5.35. The molecule has 0 atom stereocenters. The van der Waals surface area contributed by atoms with Crippen LogP contribution in [0.2, 0.25) is 0 Å². The van der Waals surface area contributed by atoms with Gasteiger partial charge in [-0.05, 0) is 27.2 Å². The number of aryl methyl sites for hydroxylation is 2.